The van der Waals surface area contributed by atoms with Gasteiger partial charge in [-0.3, -0.25) is 4.79 Å². The van der Waals surface area contributed by atoms with E-state index in [0.29, 0.717) is 5.56 Å². The van der Waals surface area contributed by atoms with Gasteiger partial charge in [-0.2, -0.15) is 4.31 Å². The maximum atomic E-state index is 12.2. The Morgan fingerprint density at radius 3 is 1.95 bits per heavy atom. The first-order valence-corrected chi connectivity index (χ1v) is 7.20. The van der Waals surface area contributed by atoms with E-state index in [1.54, 1.807) is 0 Å². The van der Waals surface area contributed by atoms with Crippen molar-refractivity contribution in [2.75, 3.05) is 26.3 Å². The Hall–Kier alpha value is -1.28. The molecule has 0 radical (unpaired) electrons. The molecule has 0 unspecified atom stereocenters. The molecule has 0 amide bonds. The minimum Gasteiger partial charge on any atom is -0.395 e. The van der Waals surface area contributed by atoms with Gasteiger partial charge in [0, 0.05) is 18.7 Å². The fourth-order valence-corrected chi connectivity index (χ4v) is 3.01. The zero-order chi connectivity index (χ0) is 14.5. The van der Waals surface area contributed by atoms with Crippen molar-refractivity contribution in [3.63, 3.8) is 0 Å². The molecule has 1 aromatic rings. The molecule has 0 bridgehead atoms. The van der Waals surface area contributed by atoms with E-state index in [-0.39, 0.29) is 37.0 Å². The second kappa shape index (κ2) is 6.76. The van der Waals surface area contributed by atoms with Crippen molar-refractivity contribution in [2.45, 2.75) is 11.8 Å². The number of rotatable bonds is 7. The summed E-state index contributed by atoms with van der Waals surface area (Å²) >= 11 is 0. The van der Waals surface area contributed by atoms with E-state index in [1.807, 2.05) is 0 Å². The minimum atomic E-state index is -3.77. The molecular formula is C12H17NO5S. The largest absolute Gasteiger partial charge is 0.395 e. The number of hydrogen-bond donors (Lipinski definition) is 2. The molecule has 0 saturated heterocycles. The van der Waals surface area contributed by atoms with Crippen molar-refractivity contribution in [1.29, 1.82) is 0 Å². The third kappa shape index (κ3) is 3.84. The van der Waals surface area contributed by atoms with Gasteiger partial charge in [0.05, 0.1) is 18.1 Å². The number of hydrogen-bond acceptors (Lipinski definition) is 5. The maximum Gasteiger partial charge on any atom is 0.243 e. The highest BCUT2D eigenvalue weighted by Gasteiger charge is 2.23. The maximum absolute atomic E-state index is 12.2. The number of nitrogens with zero attached hydrogens (tertiary/aromatic N) is 1. The van der Waals surface area contributed by atoms with Gasteiger partial charge in [-0.1, -0.05) is 12.1 Å². The van der Waals surface area contributed by atoms with E-state index in [1.165, 1.54) is 31.2 Å². The highest BCUT2D eigenvalue weighted by molar-refractivity contribution is 7.89. The molecular weight excluding hydrogens is 270 g/mol. The fourth-order valence-electron chi connectivity index (χ4n) is 1.59. The van der Waals surface area contributed by atoms with Crippen LogP contribution >= 0.6 is 0 Å². The molecule has 1 aromatic carbocycles. The van der Waals surface area contributed by atoms with Crippen molar-refractivity contribution in [3.8, 4) is 0 Å². The quantitative estimate of drug-likeness (QED) is 0.681. The van der Waals surface area contributed by atoms with Crippen LogP contribution in [0, 0.1) is 0 Å². The highest BCUT2D eigenvalue weighted by atomic mass is 32.2. The van der Waals surface area contributed by atoms with E-state index in [4.69, 9.17) is 10.2 Å². The van der Waals surface area contributed by atoms with Crippen LogP contribution in [0.2, 0.25) is 0 Å². The van der Waals surface area contributed by atoms with E-state index in [2.05, 4.69) is 0 Å². The standard InChI is InChI=1S/C12H17NO5S/c1-10(16)11-2-4-12(5-3-11)19(17,18)13(6-8-14)7-9-15/h2-5,14-15H,6-9H2,1H3. The lowest BCUT2D eigenvalue weighted by Gasteiger charge is -2.20. The lowest BCUT2D eigenvalue weighted by atomic mass is 10.2. The predicted molar refractivity (Wildman–Crippen MR) is 69.4 cm³/mol. The molecule has 0 aliphatic rings. The van der Waals surface area contributed by atoms with Crippen molar-refractivity contribution in [3.05, 3.63) is 29.8 Å². The molecule has 6 nitrogen and oxygen atoms in total. The smallest absolute Gasteiger partial charge is 0.243 e. The van der Waals surface area contributed by atoms with Gasteiger partial charge in [-0.05, 0) is 19.1 Å². The Balaban J connectivity index is 3.07. The predicted octanol–water partition coefficient (Wildman–Crippen LogP) is -0.136. The average molecular weight is 287 g/mol. The topological polar surface area (TPSA) is 94.9 Å². The number of aliphatic hydroxyl groups excluding tert-OH is 2. The van der Waals surface area contributed by atoms with Gasteiger partial charge >= 0.3 is 0 Å². The van der Waals surface area contributed by atoms with Gasteiger partial charge in [0.25, 0.3) is 0 Å². The van der Waals surface area contributed by atoms with Crippen LogP contribution in [-0.2, 0) is 10.0 Å². The minimum absolute atomic E-state index is 0.0272. The van der Waals surface area contributed by atoms with E-state index in [0.717, 1.165) is 4.31 Å². The molecule has 0 aromatic heterocycles. The summed E-state index contributed by atoms with van der Waals surface area (Å²) in [6.07, 6.45) is 0. The van der Waals surface area contributed by atoms with Crippen LogP contribution in [0.4, 0.5) is 0 Å². The first-order valence-electron chi connectivity index (χ1n) is 5.76. The Bertz CT molecular complexity index is 518. The summed E-state index contributed by atoms with van der Waals surface area (Å²) in [6, 6.07) is 5.55. The van der Waals surface area contributed by atoms with Gasteiger partial charge in [0.1, 0.15) is 0 Å². The Morgan fingerprint density at radius 1 is 1.11 bits per heavy atom. The lowest BCUT2D eigenvalue weighted by Crippen LogP contribution is -2.35. The summed E-state index contributed by atoms with van der Waals surface area (Å²) in [4.78, 5) is 11.1. The van der Waals surface area contributed by atoms with Gasteiger partial charge < -0.3 is 10.2 Å². The summed E-state index contributed by atoms with van der Waals surface area (Å²) in [5.41, 5.74) is 0.426. The molecule has 0 heterocycles. The molecule has 106 valence electrons. The summed E-state index contributed by atoms with van der Waals surface area (Å²) in [5.74, 6) is -0.147. The molecule has 0 aliphatic heterocycles. The molecule has 2 N–H and O–H groups in total. The van der Waals surface area contributed by atoms with Gasteiger partial charge in [0.15, 0.2) is 5.78 Å². The number of sulfonamides is 1. The molecule has 0 aliphatic carbocycles. The second-order valence-corrected chi connectivity index (χ2v) is 5.87. The molecule has 0 saturated carbocycles. The van der Waals surface area contributed by atoms with E-state index in [9.17, 15) is 13.2 Å². The van der Waals surface area contributed by atoms with Crippen LogP contribution in [-0.4, -0.2) is 55.0 Å². The molecule has 7 heteroatoms. The average Bonchev–Trinajstić information content (AvgIpc) is 2.38. The SMILES string of the molecule is CC(=O)c1ccc(S(=O)(=O)N(CCO)CCO)cc1. The third-order valence-electron chi connectivity index (χ3n) is 2.60. The van der Waals surface area contributed by atoms with Crippen LogP contribution in [0.5, 0.6) is 0 Å². The van der Waals surface area contributed by atoms with Crippen LogP contribution < -0.4 is 0 Å². The fraction of sp³-hybridized carbons (Fsp3) is 0.417. The van der Waals surface area contributed by atoms with Gasteiger partial charge in [-0.25, -0.2) is 8.42 Å². The Labute approximate surface area is 112 Å². The summed E-state index contributed by atoms with van der Waals surface area (Å²) in [6.45, 7) is 0.567. The van der Waals surface area contributed by atoms with Crippen LogP contribution in [0.3, 0.4) is 0 Å². The molecule has 19 heavy (non-hydrogen) atoms. The number of carbonyl (C=O) groups excluding carboxylic acids is 1. The second-order valence-electron chi connectivity index (χ2n) is 3.93. The van der Waals surface area contributed by atoms with Crippen molar-refractivity contribution in [2.24, 2.45) is 0 Å². The van der Waals surface area contributed by atoms with E-state index < -0.39 is 10.0 Å². The normalized spacial score (nSPS) is 11.8. The third-order valence-corrected chi connectivity index (χ3v) is 4.51. The first kappa shape index (κ1) is 15.8. The Kier molecular flexibility index (Phi) is 5.61. The molecule has 0 spiro atoms. The molecule has 0 atom stereocenters. The number of benzene rings is 1. The van der Waals surface area contributed by atoms with Crippen molar-refractivity contribution in [1.82, 2.24) is 4.31 Å². The number of ketones is 1. The lowest BCUT2D eigenvalue weighted by molar-refractivity contribution is 0.101. The first-order chi connectivity index (χ1) is 8.93. The van der Waals surface area contributed by atoms with E-state index >= 15 is 0 Å². The number of Topliss-reactive ketones (excluding diaryl/α,β-unsaturated/α-hetero) is 1. The summed E-state index contributed by atoms with van der Waals surface area (Å²) < 4.78 is 25.4. The molecule has 1 rings (SSSR count). The highest BCUT2D eigenvalue weighted by Crippen LogP contribution is 2.16. The molecule has 0 fully saturated rings. The summed E-state index contributed by atoms with van der Waals surface area (Å²) in [7, 11) is -3.77. The zero-order valence-electron chi connectivity index (χ0n) is 10.6. The number of carbonyl (C=O) groups is 1. The van der Waals surface area contributed by atoms with Gasteiger partial charge in [0.2, 0.25) is 10.0 Å². The van der Waals surface area contributed by atoms with Crippen molar-refractivity contribution < 1.29 is 23.4 Å². The van der Waals surface area contributed by atoms with Crippen molar-refractivity contribution >= 4 is 15.8 Å². The monoisotopic (exact) mass is 287 g/mol. The zero-order valence-corrected chi connectivity index (χ0v) is 11.4. The van der Waals surface area contributed by atoms with Crippen LogP contribution in [0.25, 0.3) is 0 Å². The van der Waals surface area contributed by atoms with Crippen LogP contribution in [0.15, 0.2) is 29.2 Å². The van der Waals surface area contributed by atoms with Crippen LogP contribution in [0.1, 0.15) is 17.3 Å². The number of aliphatic hydroxyl groups is 2. The Morgan fingerprint density at radius 2 is 1.58 bits per heavy atom. The van der Waals surface area contributed by atoms with Gasteiger partial charge in [-0.15, -0.1) is 0 Å². The summed E-state index contributed by atoms with van der Waals surface area (Å²) in [5, 5.41) is 17.7.